The minimum absolute atomic E-state index is 0.0511. The Morgan fingerprint density at radius 2 is 1.77 bits per heavy atom. The smallest absolute Gasteiger partial charge is 0.257 e. The van der Waals surface area contributed by atoms with E-state index in [4.69, 9.17) is 16.3 Å². The van der Waals surface area contributed by atoms with Gasteiger partial charge in [-0.15, -0.1) is 0 Å². The van der Waals surface area contributed by atoms with Gasteiger partial charge in [-0.25, -0.2) is 0 Å². The van der Waals surface area contributed by atoms with E-state index in [0.717, 1.165) is 5.56 Å². The molecule has 2 aromatic carbocycles. The molecule has 3 nitrogen and oxygen atoms in total. The average Bonchev–Trinajstić information content (AvgIpc) is 2.53. The number of hydrogen-bond acceptors (Lipinski definition) is 2. The van der Waals surface area contributed by atoms with Crippen molar-refractivity contribution >= 4 is 17.5 Å². The summed E-state index contributed by atoms with van der Waals surface area (Å²) in [7, 11) is 1.79. The van der Waals surface area contributed by atoms with Crippen LogP contribution in [0.4, 0.5) is 0 Å². The van der Waals surface area contributed by atoms with Crippen LogP contribution in [0.1, 0.15) is 29.8 Å². The molecule has 0 saturated carbocycles. The van der Waals surface area contributed by atoms with E-state index in [-0.39, 0.29) is 11.9 Å². The van der Waals surface area contributed by atoms with Crippen LogP contribution in [0, 0.1) is 0 Å². The Morgan fingerprint density at radius 1 is 1.14 bits per heavy atom. The predicted octanol–water partition coefficient (Wildman–Crippen LogP) is 4.40. The Balaban J connectivity index is 2.19. The van der Waals surface area contributed by atoms with Crippen molar-refractivity contribution in [3.8, 4) is 5.75 Å². The van der Waals surface area contributed by atoms with Crippen molar-refractivity contribution in [2.75, 3.05) is 7.05 Å². The first-order valence-corrected chi connectivity index (χ1v) is 7.61. The molecule has 0 fully saturated rings. The molecule has 116 valence electrons. The molecule has 0 radical (unpaired) electrons. The second-order valence-corrected chi connectivity index (χ2v) is 5.79. The lowest BCUT2D eigenvalue weighted by Gasteiger charge is -2.22. The topological polar surface area (TPSA) is 29.5 Å². The van der Waals surface area contributed by atoms with E-state index in [9.17, 15) is 4.79 Å². The quantitative estimate of drug-likeness (QED) is 0.818. The standard InChI is InChI=1S/C18H20ClNO2/c1-13(2)20(3)18(21)15-9-5-7-11-17(15)22-12-14-8-4-6-10-16(14)19/h4-11,13H,12H2,1-3H3. The van der Waals surface area contributed by atoms with E-state index >= 15 is 0 Å². The number of benzene rings is 2. The van der Waals surface area contributed by atoms with E-state index < -0.39 is 0 Å². The highest BCUT2D eigenvalue weighted by atomic mass is 35.5. The maximum atomic E-state index is 12.5. The molecule has 0 aliphatic rings. The molecule has 0 unspecified atom stereocenters. The Hall–Kier alpha value is -2.00. The zero-order chi connectivity index (χ0) is 16.1. The average molecular weight is 318 g/mol. The van der Waals surface area contributed by atoms with Gasteiger partial charge >= 0.3 is 0 Å². The van der Waals surface area contributed by atoms with Gasteiger partial charge in [-0.2, -0.15) is 0 Å². The molecule has 2 rings (SSSR count). The Morgan fingerprint density at radius 3 is 2.45 bits per heavy atom. The van der Waals surface area contributed by atoms with E-state index in [0.29, 0.717) is 22.9 Å². The van der Waals surface area contributed by atoms with Crippen molar-refractivity contribution in [3.05, 3.63) is 64.7 Å². The number of nitrogens with zero attached hydrogens (tertiary/aromatic N) is 1. The summed E-state index contributed by atoms with van der Waals surface area (Å²) >= 11 is 6.13. The largest absolute Gasteiger partial charge is 0.488 e. The second kappa shape index (κ2) is 7.32. The van der Waals surface area contributed by atoms with Crippen LogP contribution in [0.25, 0.3) is 0 Å². The zero-order valence-electron chi connectivity index (χ0n) is 13.0. The van der Waals surface area contributed by atoms with Gasteiger partial charge < -0.3 is 9.64 Å². The number of carbonyl (C=O) groups excluding carboxylic acids is 1. The highest BCUT2D eigenvalue weighted by molar-refractivity contribution is 6.31. The monoisotopic (exact) mass is 317 g/mol. The van der Waals surface area contributed by atoms with Gasteiger partial charge in [-0.1, -0.05) is 41.9 Å². The lowest BCUT2D eigenvalue weighted by atomic mass is 10.1. The van der Waals surface area contributed by atoms with Crippen molar-refractivity contribution in [1.82, 2.24) is 4.90 Å². The summed E-state index contributed by atoms with van der Waals surface area (Å²) in [5, 5.41) is 0.658. The molecular weight excluding hydrogens is 298 g/mol. The molecule has 0 saturated heterocycles. The third-order valence-corrected chi connectivity index (χ3v) is 3.92. The number of halogens is 1. The van der Waals surface area contributed by atoms with E-state index in [1.165, 1.54) is 0 Å². The number of hydrogen-bond donors (Lipinski definition) is 0. The van der Waals surface area contributed by atoms with Crippen LogP contribution in [-0.4, -0.2) is 23.9 Å². The number of amides is 1. The normalized spacial score (nSPS) is 10.6. The van der Waals surface area contributed by atoms with Crippen molar-refractivity contribution < 1.29 is 9.53 Å². The first-order chi connectivity index (χ1) is 10.5. The molecule has 22 heavy (non-hydrogen) atoms. The number of ether oxygens (including phenoxy) is 1. The minimum atomic E-state index is -0.0511. The predicted molar refractivity (Wildman–Crippen MR) is 89.5 cm³/mol. The van der Waals surface area contributed by atoms with E-state index in [2.05, 4.69) is 0 Å². The van der Waals surface area contributed by atoms with Crippen LogP contribution in [-0.2, 0) is 6.61 Å². The maximum Gasteiger partial charge on any atom is 0.257 e. The second-order valence-electron chi connectivity index (χ2n) is 5.39. The summed E-state index contributed by atoms with van der Waals surface area (Å²) in [6.07, 6.45) is 0. The van der Waals surface area contributed by atoms with Crippen molar-refractivity contribution in [3.63, 3.8) is 0 Å². The molecular formula is C18H20ClNO2. The molecule has 0 aliphatic heterocycles. The Labute approximate surface area is 136 Å². The van der Waals surface area contributed by atoms with Gasteiger partial charge in [0.1, 0.15) is 12.4 Å². The fourth-order valence-corrected chi connectivity index (χ4v) is 2.15. The fourth-order valence-electron chi connectivity index (χ4n) is 1.96. The Kier molecular flexibility index (Phi) is 5.45. The van der Waals surface area contributed by atoms with Gasteiger partial charge in [-0.05, 0) is 32.0 Å². The number of rotatable bonds is 5. The van der Waals surface area contributed by atoms with E-state index in [1.807, 2.05) is 50.2 Å². The highest BCUT2D eigenvalue weighted by Crippen LogP contribution is 2.23. The first kappa shape index (κ1) is 16.4. The number of para-hydroxylation sites is 1. The molecule has 0 heterocycles. The third-order valence-electron chi connectivity index (χ3n) is 3.55. The summed E-state index contributed by atoms with van der Waals surface area (Å²) in [4.78, 5) is 14.2. The molecule has 0 aliphatic carbocycles. The van der Waals surface area contributed by atoms with Gasteiger partial charge in [0.2, 0.25) is 0 Å². The molecule has 4 heteroatoms. The maximum absolute atomic E-state index is 12.5. The van der Waals surface area contributed by atoms with Crippen molar-refractivity contribution in [1.29, 1.82) is 0 Å². The SMILES string of the molecule is CC(C)N(C)C(=O)c1ccccc1OCc1ccccc1Cl. The Bertz CT molecular complexity index is 655. The highest BCUT2D eigenvalue weighted by Gasteiger charge is 2.18. The fraction of sp³-hybridized carbons (Fsp3) is 0.278. The van der Waals surface area contributed by atoms with Crippen LogP contribution >= 0.6 is 11.6 Å². The van der Waals surface area contributed by atoms with Gasteiger partial charge in [0.15, 0.2) is 0 Å². The molecule has 0 spiro atoms. The van der Waals surface area contributed by atoms with Crippen LogP contribution in [0.2, 0.25) is 5.02 Å². The van der Waals surface area contributed by atoms with Gasteiger partial charge in [-0.3, -0.25) is 4.79 Å². The molecule has 0 aromatic heterocycles. The molecule has 0 N–H and O–H groups in total. The summed E-state index contributed by atoms with van der Waals surface area (Å²) in [5.74, 6) is 0.518. The minimum Gasteiger partial charge on any atom is -0.488 e. The third kappa shape index (κ3) is 3.80. The number of carbonyl (C=O) groups is 1. The summed E-state index contributed by atoms with van der Waals surface area (Å²) in [5.41, 5.74) is 1.45. The van der Waals surface area contributed by atoms with Crippen molar-refractivity contribution in [2.24, 2.45) is 0 Å². The lowest BCUT2D eigenvalue weighted by Crippen LogP contribution is -2.33. The molecule has 0 atom stereocenters. The lowest BCUT2D eigenvalue weighted by molar-refractivity contribution is 0.0750. The van der Waals surface area contributed by atoms with Crippen LogP contribution < -0.4 is 4.74 Å². The summed E-state index contributed by atoms with van der Waals surface area (Å²) in [6, 6.07) is 14.9. The van der Waals surface area contributed by atoms with Crippen LogP contribution in [0.15, 0.2) is 48.5 Å². The van der Waals surface area contributed by atoms with Crippen molar-refractivity contribution in [2.45, 2.75) is 26.5 Å². The zero-order valence-corrected chi connectivity index (χ0v) is 13.8. The summed E-state index contributed by atoms with van der Waals surface area (Å²) < 4.78 is 5.82. The van der Waals surface area contributed by atoms with Crippen LogP contribution in [0.3, 0.4) is 0 Å². The molecule has 1 amide bonds. The van der Waals surface area contributed by atoms with Gasteiger partial charge in [0.05, 0.1) is 5.56 Å². The summed E-state index contributed by atoms with van der Waals surface area (Å²) in [6.45, 7) is 4.28. The molecule has 2 aromatic rings. The van der Waals surface area contributed by atoms with E-state index in [1.54, 1.807) is 24.1 Å². The first-order valence-electron chi connectivity index (χ1n) is 7.23. The van der Waals surface area contributed by atoms with Gasteiger partial charge in [0, 0.05) is 23.7 Å². The van der Waals surface area contributed by atoms with Gasteiger partial charge in [0.25, 0.3) is 5.91 Å². The van der Waals surface area contributed by atoms with Crippen LogP contribution in [0.5, 0.6) is 5.75 Å². The molecule has 0 bridgehead atoms.